The molecular formula is C16H35IN4O3. The molecule has 1 saturated heterocycles. The Morgan fingerprint density at radius 1 is 1.29 bits per heavy atom. The molecule has 1 aliphatic rings. The Bertz CT molecular complexity index is 316. The summed E-state index contributed by atoms with van der Waals surface area (Å²) in [6.07, 6.45) is 2.23. The van der Waals surface area contributed by atoms with Crippen molar-refractivity contribution in [1.82, 2.24) is 15.5 Å². The summed E-state index contributed by atoms with van der Waals surface area (Å²) in [5.74, 6) is 0.872. The molecule has 8 heteroatoms. The molecule has 0 aromatic carbocycles. The van der Waals surface area contributed by atoms with E-state index >= 15 is 0 Å². The summed E-state index contributed by atoms with van der Waals surface area (Å²) >= 11 is 0. The van der Waals surface area contributed by atoms with Gasteiger partial charge in [0.05, 0.1) is 19.3 Å². The summed E-state index contributed by atoms with van der Waals surface area (Å²) in [4.78, 5) is 6.81. The van der Waals surface area contributed by atoms with Gasteiger partial charge in [-0.2, -0.15) is 0 Å². The van der Waals surface area contributed by atoms with E-state index in [2.05, 4.69) is 34.5 Å². The van der Waals surface area contributed by atoms with E-state index in [0.29, 0.717) is 0 Å². The fraction of sp³-hybridized carbons (Fsp3) is 0.938. The highest BCUT2D eigenvalue weighted by Crippen LogP contribution is 2.07. The zero-order chi connectivity index (χ0) is 16.8. The van der Waals surface area contributed by atoms with Crippen LogP contribution in [0.3, 0.4) is 0 Å². The topological polar surface area (TPSA) is 67.4 Å². The first-order valence-electron chi connectivity index (χ1n) is 8.65. The summed E-state index contributed by atoms with van der Waals surface area (Å²) in [6.45, 7) is 9.54. The zero-order valence-electron chi connectivity index (χ0n) is 15.4. The van der Waals surface area contributed by atoms with Crippen LogP contribution >= 0.6 is 24.0 Å². The van der Waals surface area contributed by atoms with Crippen LogP contribution in [0.2, 0.25) is 0 Å². The van der Waals surface area contributed by atoms with Crippen LogP contribution < -0.4 is 10.6 Å². The average molecular weight is 458 g/mol. The molecule has 0 aromatic heterocycles. The maximum atomic E-state index is 5.74. The Kier molecular flexibility index (Phi) is 16.2. The second kappa shape index (κ2) is 16.3. The Morgan fingerprint density at radius 2 is 2.12 bits per heavy atom. The number of halogens is 1. The summed E-state index contributed by atoms with van der Waals surface area (Å²) in [6, 6.07) is 0. The lowest BCUT2D eigenvalue weighted by molar-refractivity contribution is 0.0424. The number of nitrogens with one attached hydrogen (secondary N) is 2. The van der Waals surface area contributed by atoms with Gasteiger partial charge >= 0.3 is 0 Å². The van der Waals surface area contributed by atoms with Crippen molar-refractivity contribution in [3.8, 4) is 0 Å². The molecule has 2 N–H and O–H groups in total. The third kappa shape index (κ3) is 12.2. The minimum Gasteiger partial charge on any atom is -0.383 e. The van der Waals surface area contributed by atoms with Crippen molar-refractivity contribution >= 4 is 29.9 Å². The molecule has 1 fully saturated rings. The number of ether oxygens (including phenoxy) is 3. The number of guanidine groups is 1. The van der Waals surface area contributed by atoms with Crippen LogP contribution in [-0.2, 0) is 14.2 Å². The molecule has 144 valence electrons. The van der Waals surface area contributed by atoms with Gasteiger partial charge in [-0.3, -0.25) is 4.99 Å². The van der Waals surface area contributed by atoms with Crippen molar-refractivity contribution in [2.24, 2.45) is 4.99 Å². The molecular weight excluding hydrogens is 423 g/mol. The second-order valence-corrected chi connectivity index (χ2v) is 5.69. The molecule has 0 saturated carbocycles. The smallest absolute Gasteiger partial charge is 0.191 e. The molecule has 0 bridgehead atoms. The van der Waals surface area contributed by atoms with Crippen molar-refractivity contribution in [3.63, 3.8) is 0 Å². The number of hydrogen-bond acceptors (Lipinski definition) is 5. The molecule has 7 nitrogen and oxygen atoms in total. The van der Waals surface area contributed by atoms with E-state index < -0.39 is 0 Å². The molecule has 1 rings (SSSR count). The van der Waals surface area contributed by atoms with Crippen LogP contribution in [0, 0.1) is 0 Å². The Hall–Kier alpha value is -0.160. The third-order valence-corrected chi connectivity index (χ3v) is 3.62. The highest BCUT2D eigenvalue weighted by Gasteiger charge is 2.15. The second-order valence-electron chi connectivity index (χ2n) is 5.69. The van der Waals surface area contributed by atoms with E-state index in [1.165, 1.54) is 0 Å². The van der Waals surface area contributed by atoms with Crippen LogP contribution in [0.25, 0.3) is 0 Å². The molecule has 24 heavy (non-hydrogen) atoms. The number of nitrogens with zero attached hydrogens (tertiary/aromatic N) is 2. The van der Waals surface area contributed by atoms with Gasteiger partial charge in [-0.25, -0.2) is 0 Å². The van der Waals surface area contributed by atoms with Crippen molar-refractivity contribution in [2.45, 2.75) is 25.9 Å². The molecule has 1 aliphatic heterocycles. The number of aliphatic imine (C=N–C) groups is 1. The Balaban J connectivity index is 0.00000529. The molecule has 1 atom stereocenters. The van der Waals surface area contributed by atoms with Gasteiger partial charge in [0.1, 0.15) is 0 Å². The molecule has 0 amide bonds. The number of rotatable bonds is 12. The molecule has 1 heterocycles. The first-order chi connectivity index (χ1) is 11.3. The maximum Gasteiger partial charge on any atom is 0.191 e. The van der Waals surface area contributed by atoms with E-state index in [1.54, 1.807) is 7.11 Å². The van der Waals surface area contributed by atoms with Gasteiger partial charge in [0, 0.05) is 53.0 Å². The van der Waals surface area contributed by atoms with E-state index in [1.807, 2.05) is 0 Å². The van der Waals surface area contributed by atoms with Gasteiger partial charge < -0.3 is 29.7 Å². The lowest BCUT2D eigenvalue weighted by atomic mass is 10.3. The number of methoxy groups -OCH3 is 1. The van der Waals surface area contributed by atoms with Crippen LogP contribution in [0.4, 0.5) is 0 Å². The lowest BCUT2D eigenvalue weighted by Crippen LogP contribution is -2.41. The van der Waals surface area contributed by atoms with Gasteiger partial charge in [0.15, 0.2) is 5.96 Å². The quantitative estimate of drug-likeness (QED) is 0.196. The number of likely N-dealkylation sites (N-methyl/N-ethyl adjacent to an activating group) is 1. The minimum absolute atomic E-state index is 0. The van der Waals surface area contributed by atoms with Crippen LogP contribution in [-0.4, -0.2) is 90.3 Å². The van der Waals surface area contributed by atoms with Gasteiger partial charge in [0.2, 0.25) is 0 Å². The van der Waals surface area contributed by atoms with Crippen LogP contribution in [0.1, 0.15) is 19.8 Å². The summed E-state index contributed by atoms with van der Waals surface area (Å²) in [5.41, 5.74) is 0. The fourth-order valence-corrected chi connectivity index (χ4v) is 2.22. The molecule has 1 unspecified atom stereocenters. The summed E-state index contributed by atoms with van der Waals surface area (Å²) in [5, 5.41) is 6.62. The van der Waals surface area contributed by atoms with Crippen molar-refractivity contribution in [1.29, 1.82) is 0 Å². The van der Waals surface area contributed by atoms with Crippen molar-refractivity contribution < 1.29 is 14.2 Å². The molecule has 0 radical (unpaired) electrons. The van der Waals surface area contributed by atoms with E-state index in [0.717, 1.165) is 78.0 Å². The fourth-order valence-electron chi connectivity index (χ4n) is 2.22. The standard InChI is InChI=1S/C16H34N4O3.HI/c1-4-17-16(19-8-9-20(2)10-13-21-3)18-7-5-11-23-15-6-12-22-14-15;/h15H,4-14H2,1-3H3,(H2,17,18,19);1H. The average Bonchev–Trinajstić information content (AvgIpc) is 3.06. The van der Waals surface area contributed by atoms with E-state index in [4.69, 9.17) is 14.2 Å². The van der Waals surface area contributed by atoms with E-state index in [-0.39, 0.29) is 30.1 Å². The predicted molar refractivity (Wildman–Crippen MR) is 109 cm³/mol. The zero-order valence-corrected chi connectivity index (χ0v) is 17.7. The molecule has 0 aliphatic carbocycles. The third-order valence-electron chi connectivity index (χ3n) is 3.62. The number of hydrogen-bond donors (Lipinski definition) is 2. The van der Waals surface area contributed by atoms with Crippen LogP contribution in [0.5, 0.6) is 0 Å². The van der Waals surface area contributed by atoms with Crippen molar-refractivity contribution in [3.05, 3.63) is 0 Å². The van der Waals surface area contributed by atoms with Gasteiger partial charge in [-0.05, 0) is 26.8 Å². The summed E-state index contributed by atoms with van der Waals surface area (Å²) in [7, 11) is 3.82. The summed E-state index contributed by atoms with van der Waals surface area (Å²) < 4.78 is 16.1. The Morgan fingerprint density at radius 3 is 2.79 bits per heavy atom. The highest BCUT2D eigenvalue weighted by atomic mass is 127. The van der Waals surface area contributed by atoms with Gasteiger partial charge in [-0.15, -0.1) is 24.0 Å². The SMILES string of the molecule is CCNC(=NCCCOC1CCOC1)NCCN(C)CCOC.I. The minimum atomic E-state index is 0. The largest absolute Gasteiger partial charge is 0.383 e. The van der Waals surface area contributed by atoms with Crippen LogP contribution in [0.15, 0.2) is 4.99 Å². The van der Waals surface area contributed by atoms with E-state index in [9.17, 15) is 0 Å². The Labute approximate surface area is 163 Å². The first kappa shape index (κ1) is 23.8. The monoisotopic (exact) mass is 458 g/mol. The first-order valence-corrected chi connectivity index (χ1v) is 8.65. The highest BCUT2D eigenvalue weighted by molar-refractivity contribution is 14.0. The molecule has 0 spiro atoms. The van der Waals surface area contributed by atoms with Gasteiger partial charge in [0.25, 0.3) is 0 Å². The lowest BCUT2D eigenvalue weighted by Gasteiger charge is -2.17. The maximum absolute atomic E-state index is 5.74. The van der Waals surface area contributed by atoms with Gasteiger partial charge in [-0.1, -0.05) is 0 Å². The predicted octanol–water partition coefficient (Wildman–Crippen LogP) is 0.933. The molecule has 0 aromatic rings. The van der Waals surface area contributed by atoms with Crippen molar-refractivity contribution in [2.75, 3.05) is 73.3 Å². The normalized spacial score (nSPS) is 17.8.